The third-order valence-corrected chi connectivity index (χ3v) is 4.06. The highest BCUT2D eigenvalue weighted by atomic mass is 35.5. The van der Waals surface area contributed by atoms with E-state index in [1.165, 1.54) is 5.56 Å². The van der Waals surface area contributed by atoms with Crippen molar-refractivity contribution in [3.63, 3.8) is 0 Å². The number of aliphatic hydroxyl groups excluding tert-OH is 1. The van der Waals surface area contributed by atoms with Gasteiger partial charge < -0.3 is 5.11 Å². The number of halogens is 1. The maximum atomic E-state index is 8.69. The number of thioether (sulfide) groups is 1. The van der Waals surface area contributed by atoms with E-state index in [2.05, 4.69) is 17.9 Å². The van der Waals surface area contributed by atoms with Gasteiger partial charge in [-0.1, -0.05) is 47.7 Å². The molecule has 0 aliphatic heterocycles. The van der Waals surface area contributed by atoms with Crippen LogP contribution in [0.5, 0.6) is 0 Å². The lowest BCUT2D eigenvalue weighted by molar-refractivity contribution is 0.350. The lowest BCUT2D eigenvalue weighted by Gasteiger charge is -2.04. The van der Waals surface area contributed by atoms with Crippen LogP contribution in [-0.2, 0) is 5.75 Å². The smallest absolute Gasteiger partial charge is 0.104 e. The lowest BCUT2D eigenvalue weighted by Crippen LogP contribution is -1.84. The minimum Gasteiger partial charge on any atom is -0.384 e. The number of rotatable bonds is 3. The van der Waals surface area contributed by atoms with Crippen LogP contribution in [0.25, 0.3) is 0 Å². The van der Waals surface area contributed by atoms with Crippen LogP contribution < -0.4 is 0 Å². The Morgan fingerprint density at radius 1 is 1.11 bits per heavy atom. The zero-order valence-corrected chi connectivity index (χ0v) is 11.8. The Morgan fingerprint density at radius 2 is 1.95 bits per heavy atom. The number of aliphatic hydroxyl groups is 1. The van der Waals surface area contributed by atoms with E-state index in [1.54, 1.807) is 11.8 Å². The summed E-state index contributed by atoms with van der Waals surface area (Å²) in [6.45, 7) is -0.112. The van der Waals surface area contributed by atoms with Crippen molar-refractivity contribution in [2.45, 2.75) is 10.6 Å². The first-order valence-electron chi connectivity index (χ1n) is 5.85. The van der Waals surface area contributed by atoms with Gasteiger partial charge in [-0.05, 0) is 29.8 Å². The monoisotopic (exact) mass is 288 g/mol. The number of hydrogen-bond acceptors (Lipinski definition) is 2. The molecule has 2 rings (SSSR count). The predicted molar refractivity (Wildman–Crippen MR) is 81.4 cm³/mol. The van der Waals surface area contributed by atoms with Gasteiger partial charge in [0.15, 0.2) is 0 Å². The molecule has 0 unspecified atom stereocenters. The van der Waals surface area contributed by atoms with Gasteiger partial charge in [0, 0.05) is 16.2 Å². The van der Waals surface area contributed by atoms with Gasteiger partial charge in [-0.2, -0.15) is 0 Å². The first kappa shape index (κ1) is 14.0. The largest absolute Gasteiger partial charge is 0.384 e. The lowest BCUT2D eigenvalue weighted by atomic mass is 10.1. The van der Waals surface area contributed by atoms with Crippen LogP contribution in [0.3, 0.4) is 0 Å². The van der Waals surface area contributed by atoms with E-state index in [0.717, 1.165) is 21.2 Å². The van der Waals surface area contributed by atoms with Crippen molar-refractivity contribution in [1.82, 2.24) is 0 Å². The van der Waals surface area contributed by atoms with Crippen LogP contribution in [0.1, 0.15) is 11.1 Å². The van der Waals surface area contributed by atoms with Crippen LogP contribution in [0, 0.1) is 11.8 Å². The zero-order valence-electron chi connectivity index (χ0n) is 10.3. The van der Waals surface area contributed by atoms with Gasteiger partial charge in [0.25, 0.3) is 0 Å². The molecule has 19 heavy (non-hydrogen) atoms. The summed E-state index contributed by atoms with van der Waals surface area (Å²) in [4.78, 5) is 1.08. The van der Waals surface area contributed by atoms with E-state index >= 15 is 0 Å². The van der Waals surface area contributed by atoms with Crippen molar-refractivity contribution >= 4 is 23.4 Å². The van der Waals surface area contributed by atoms with Crippen LogP contribution in [0.2, 0.25) is 5.02 Å². The molecule has 96 valence electrons. The van der Waals surface area contributed by atoms with Crippen molar-refractivity contribution in [3.8, 4) is 11.8 Å². The fraction of sp³-hybridized carbons (Fsp3) is 0.125. The molecule has 0 atom stereocenters. The SMILES string of the molecule is OCC#Cc1cccc(CSc2ccccc2Cl)c1. The third kappa shape index (κ3) is 4.33. The molecule has 0 saturated carbocycles. The maximum Gasteiger partial charge on any atom is 0.104 e. The molecule has 0 aliphatic rings. The highest BCUT2D eigenvalue weighted by Crippen LogP contribution is 2.29. The molecule has 0 aliphatic carbocycles. The van der Waals surface area contributed by atoms with Gasteiger partial charge in [0.2, 0.25) is 0 Å². The normalized spacial score (nSPS) is 9.79. The average molecular weight is 289 g/mol. The minimum absolute atomic E-state index is 0.112. The second-order valence-electron chi connectivity index (χ2n) is 3.88. The van der Waals surface area contributed by atoms with Gasteiger partial charge in [0.05, 0.1) is 5.02 Å². The average Bonchev–Trinajstić information content (AvgIpc) is 2.45. The Hall–Kier alpha value is -1.40. The quantitative estimate of drug-likeness (QED) is 0.681. The van der Waals surface area contributed by atoms with Crippen LogP contribution in [-0.4, -0.2) is 11.7 Å². The molecular formula is C16H13ClOS. The summed E-state index contributed by atoms with van der Waals surface area (Å²) in [6, 6.07) is 15.8. The highest BCUT2D eigenvalue weighted by molar-refractivity contribution is 7.98. The summed E-state index contributed by atoms with van der Waals surface area (Å²) in [5, 5.41) is 9.47. The summed E-state index contributed by atoms with van der Waals surface area (Å²) < 4.78 is 0. The second kappa shape index (κ2) is 7.25. The summed E-state index contributed by atoms with van der Waals surface area (Å²) in [7, 11) is 0. The standard InChI is InChI=1S/C16H13ClOS/c17-15-8-1-2-9-16(15)19-12-14-6-3-5-13(11-14)7-4-10-18/h1-3,5-6,8-9,11,18H,10,12H2. The molecule has 0 heterocycles. The molecule has 0 amide bonds. The van der Waals surface area contributed by atoms with Gasteiger partial charge in [0.1, 0.15) is 6.61 Å². The van der Waals surface area contributed by atoms with Gasteiger partial charge in [-0.25, -0.2) is 0 Å². The fourth-order valence-corrected chi connectivity index (χ4v) is 2.79. The van der Waals surface area contributed by atoms with E-state index in [0.29, 0.717) is 0 Å². The molecule has 0 spiro atoms. The number of benzene rings is 2. The van der Waals surface area contributed by atoms with Gasteiger partial charge >= 0.3 is 0 Å². The van der Waals surface area contributed by atoms with E-state index in [1.807, 2.05) is 42.5 Å². The predicted octanol–water partition coefficient (Wildman–Crippen LogP) is 3.98. The molecule has 0 radical (unpaired) electrons. The molecule has 1 nitrogen and oxygen atoms in total. The molecule has 0 fully saturated rings. The van der Waals surface area contributed by atoms with Crippen molar-refractivity contribution in [1.29, 1.82) is 0 Å². The summed E-state index contributed by atoms with van der Waals surface area (Å²) in [5.41, 5.74) is 2.11. The van der Waals surface area contributed by atoms with Crippen molar-refractivity contribution < 1.29 is 5.11 Å². The topological polar surface area (TPSA) is 20.2 Å². The first-order valence-corrected chi connectivity index (χ1v) is 7.22. The molecular weight excluding hydrogens is 276 g/mol. The van der Waals surface area contributed by atoms with Crippen LogP contribution in [0.4, 0.5) is 0 Å². The number of hydrogen-bond donors (Lipinski definition) is 1. The molecule has 2 aromatic carbocycles. The fourth-order valence-electron chi connectivity index (χ4n) is 1.60. The van der Waals surface area contributed by atoms with Crippen LogP contribution in [0.15, 0.2) is 53.4 Å². The van der Waals surface area contributed by atoms with Crippen molar-refractivity contribution in [3.05, 3.63) is 64.7 Å². The third-order valence-electron chi connectivity index (χ3n) is 2.47. The molecule has 1 N–H and O–H groups in total. The van der Waals surface area contributed by atoms with E-state index in [9.17, 15) is 0 Å². The summed E-state index contributed by atoms with van der Waals surface area (Å²) >= 11 is 7.82. The molecule has 3 heteroatoms. The maximum absolute atomic E-state index is 8.69. The minimum atomic E-state index is -0.112. The molecule has 0 saturated heterocycles. The van der Waals surface area contributed by atoms with Crippen LogP contribution >= 0.6 is 23.4 Å². The summed E-state index contributed by atoms with van der Waals surface area (Å²) in [6.07, 6.45) is 0. The zero-order chi connectivity index (χ0) is 13.5. The van der Waals surface area contributed by atoms with Gasteiger partial charge in [-0.3, -0.25) is 0 Å². The highest BCUT2D eigenvalue weighted by Gasteiger charge is 2.01. The van der Waals surface area contributed by atoms with E-state index < -0.39 is 0 Å². The molecule has 2 aromatic rings. The Morgan fingerprint density at radius 3 is 2.74 bits per heavy atom. The van der Waals surface area contributed by atoms with E-state index in [4.69, 9.17) is 16.7 Å². The Balaban J connectivity index is 2.06. The first-order chi connectivity index (χ1) is 9.29. The Kier molecular flexibility index (Phi) is 5.35. The molecule has 0 aromatic heterocycles. The second-order valence-corrected chi connectivity index (χ2v) is 5.30. The van der Waals surface area contributed by atoms with Crippen molar-refractivity contribution in [2.24, 2.45) is 0 Å². The van der Waals surface area contributed by atoms with Crippen molar-refractivity contribution in [2.75, 3.05) is 6.61 Å². The Bertz CT molecular complexity index is 613. The Labute approximate surface area is 122 Å². The summed E-state index contributed by atoms with van der Waals surface area (Å²) in [5.74, 6) is 6.41. The molecule has 0 bridgehead atoms. The van der Waals surface area contributed by atoms with Gasteiger partial charge in [-0.15, -0.1) is 11.8 Å². The van der Waals surface area contributed by atoms with E-state index in [-0.39, 0.29) is 6.61 Å².